The molecule has 0 unspecified atom stereocenters. The Hall–Kier alpha value is 0.296. The summed E-state index contributed by atoms with van der Waals surface area (Å²) in [4.78, 5) is 10.7. The summed E-state index contributed by atoms with van der Waals surface area (Å²) in [5.41, 5.74) is 0. The van der Waals surface area contributed by atoms with Crippen LogP contribution in [0.4, 0.5) is 0 Å². The molecule has 0 radical (unpaired) electrons. The van der Waals surface area contributed by atoms with Crippen molar-refractivity contribution in [1.29, 1.82) is 0 Å². The SMILES string of the molecule is COC(=O)c1ccc(S(=O)(=O)[O-])o1.[K+]. The summed E-state index contributed by atoms with van der Waals surface area (Å²) >= 11 is 0. The predicted molar refractivity (Wildman–Crippen MR) is 38.0 cm³/mol. The van der Waals surface area contributed by atoms with Crippen LogP contribution < -0.4 is 51.4 Å². The van der Waals surface area contributed by atoms with Crippen LogP contribution >= 0.6 is 0 Å². The summed E-state index contributed by atoms with van der Waals surface area (Å²) in [7, 11) is -3.54. The summed E-state index contributed by atoms with van der Waals surface area (Å²) in [6, 6.07) is 1.95. The zero-order valence-electron chi connectivity index (χ0n) is 7.51. The molecule has 6 nitrogen and oxygen atoms in total. The molecule has 0 saturated heterocycles. The molecule has 14 heavy (non-hydrogen) atoms. The predicted octanol–water partition coefficient (Wildman–Crippen LogP) is -3.03. The van der Waals surface area contributed by atoms with E-state index in [-0.39, 0.29) is 57.1 Å². The Morgan fingerprint density at radius 2 is 2.07 bits per heavy atom. The van der Waals surface area contributed by atoms with Gasteiger partial charge >= 0.3 is 57.4 Å². The topological polar surface area (TPSA) is 96.6 Å². The number of methoxy groups -OCH3 is 1. The first-order valence-electron chi connectivity index (χ1n) is 3.09. The Morgan fingerprint density at radius 1 is 1.50 bits per heavy atom. The molecule has 8 heteroatoms. The zero-order chi connectivity index (χ0) is 10.1. The quantitative estimate of drug-likeness (QED) is 0.312. The maximum absolute atomic E-state index is 10.7. The standard InChI is InChI=1S/C6H6O6S.K/c1-11-6(7)4-2-3-5(12-4)13(8,9)10;/h2-3H,1H3,(H,8,9,10);/q;+1/p-1. The minimum Gasteiger partial charge on any atom is -0.742 e. The van der Waals surface area contributed by atoms with Gasteiger partial charge in [-0.1, -0.05) is 0 Å². The fourth-order valence-corrected chi connectivity index (χ4v) is 1.09. The fraction of sp³-hybridized carbons (Fsp3) is 0.167. The normalized spacial score (nSPS) is 10.4. The molecule has 0 saturated carbocycles. The minimum absolute atomic E-state index is 0. The molecule has 1 heterocycles. The molecule has 0 N–H and O–H groups in total. The van der Waals surface area contributed by atoms with E-state index in [1.165, 1.54) is 0 Å². The van der Waals surface area contributed by atoms with Crippen LogP contribution in [0.3, 0.4) is 0 Å². The van der Waals surface area contributed by atoms with Crippen LogP contribution in [0.15, 0.2) is 21.6 Å². The monoisotopic (exact) mass is 244 g/mol. The summed E-state index contributed by atoms with van der Waals surface area (Å²) in [6.45, 7) is 0. The Morgan fingerprint density at radius 3 is 2.43 bits per heavy atom. The van der Waals surface area contributed by atoms with Crippen LogP contribution in [0.1, 0.15) is 10.6 Å². The summed E-state index contributed by atoms with van der Waals surface area (Å²) in [6.07, 6.45) is 0. The van der Waals surface area contributed by atoms with Crippen molar-refractivity contribution in [2.45, 2.75) is 5.09 Å². The van der Waals surface area contributed by atoms with Gasteiger partial charge in [-0.2, -0.15) is 0 Å². The van der Waals surface area contributed by atoms with E-state index in [9.17, 15) is 17.8 Å². The van der Waals surface area contributed by atoms with E-state index >= 15 is 0 Å². The minimum atomic E-state index is -4.65. The zero-order valence-corrected chi connectivity index (χ0v) is 11.5. The first kappa shape index (κ1) is 14.3. The molecule has 1 rings (SSSR count). The first-order chi connectivity index (χ1) is 5.95. The van der Waals surface area contributed by atoms with Crippen molar-refractivity contribution in [2.24, 2.45) is 0 Å². The van der Waals surface area contributed by atoms with E-state index in [0.29, 0.717) is 0 Å². The van der Waals surface area contributed by atoms with Crippen LogP contribution in [-0.2, 0) is 14.9 Å². The number of hydrogen-bond donors (Lipinski definition) is 0. The average molecular weight is 244 g/mol. The molecule has 0 spiro atoms. The Bertz CT molecular complexity index is 419. The smallest absolute Gasteiger partial charge is 0.742 e. The third kappa shape index (κ3) is 3.46. The molecule has 1 aromatic heterocycles. The van der Waals surface area contributed by atoms with E-state index < -0.39 is 21.2 Å². The first-order valence-corrected chi connectivity index (χ1v) is 4.50. The Kier molecular flexibility index (Phi) is 5.51. The van der Waals surface area contributed by atoms with Gasteiger partial charge in [-0.3, -0.25) is 0 Å². The van der Waals surface area contributed by atoms with Gasteiger partial charge in [-0.05, 0) is 12.1 Å². The molecule has 0 fully saturated rings. The third-order valence-corrected chi connectivity index (χ3v) is 1.93. The third-order valence-electron chi connectivity index (χ3n) is 1.21. The van der Waals surface area contributed by atoms with Gasteiger partial charge < -0.3 is 13.7 Å². The van der Waals surface area contributed by atoms with E-state index in [4.69, 9.17) is 0 Å². The van der Waals surface area contributed by atoms with Crippen molar-refractivity contribution < 1.29 is 78.3 Å². The largest absolute Gasteiger partial charge is 1.00 e. The molecular formula is C6H5KO6S. The Balaban J connectivity index is 0.00000169. The van der Waals surface area contributed by atoms with E-state index in [1.54, 1.807) is 0 Å². The number of furan rings is 1. The van der Waals surface area contributed by atoms with Crippen molar-refractivity contribution in [2.75, 3.05) is 7.11 Å². The molecule has 0 bridgehead atoms. The second kappa shape index (κ2) is 5.40. The van der Waals surface area contributed by atoms with Gasteiger partial charge in [0.15, 0.2) is 10.1 Å². The van der Waals surface area contributed by atoms with Gasteiger partial charge in [0.1, 0.15) is 0 Å². The van der Waals surface area contributed by atoms with E-state index in [2.05, 4.69) is 9.15 Å². The number of carbonyl (C=O) groups excluding carboxylic acids is 1. The Labute approximate surface area is 123 Å². The number of rotatable bonds is 2. The van der Waals surface area contributed by atoms with Crippen molar-refractivity contribution in [3.63, 3.8) is 0 Å². The molecule has 0 aliphatic carbocycles. The summed E-state index contributed by atoms with van der Waals surface area (Å²) < 4.78 is 39.7. The molecular weight excluding hydrogens is 239 g/mol. The van der Waals surface area contributed by atoms with Crippen LogP contribution in [0.25, 0.3) is 0 Å². The maximum atomic E-state index is 10.7. The molecule has 0 aliphatic heterocycles. The maximum Gasteiger partial charge on any atom is 1.00 e. The van der Waals surface area contributed by atoms with Crippen LogP contribution in [0.2, 0.25) is 0 Å². The van der Waals surface area contributed by atoms with Gasteiger partial charge in [0, 0.05) is 0 Å². The number of ether oxygens (including phenoxy) is 1. The van der Waals surface area contributed by atoms with Crippen molar-refractivity contribution in [3.05, 3.63) is 17.9 Å². The summed E-state index contributed by atoms with van der Waals surface area (Å²) in [5, 5.41) is -0.798. The van der Waals surface area contributed by atoms with Gasteiger partial charge in [-0.25, -0.2) is 13.2 Å². The van der Waals surface area contributed by atoms with Crippen LogP contribution in [0, 0.1) is 0 Å². The second-order valence-electron chi connectivity index (χ2n) is 2.06. The van der Waals surface area contributed by atoms with Crippen molar-refractivity contribution in [1.82, 2.24) is 0 Å². The second-order valence-corrected chi connectivity index (χ2v) is 3.38. The van der Waals surface area contributed by atoms with Crippen LogP contribution in [-0.4, -0.2) is 26.0 Å². The van der Waals surface area contributed by atoms with E-state index in [1.807, 2.05) is 0 Å². The van der Waals surface area contributed by atoms with Crippen molar-refractivity contribution >= 4 is 16.1 Å². The molecule has 0 aromatic carbocycles. The van der Waals surface area contributed by atoms with Gasteiger partial charge in [0.2, 0.25) is 10.9 Å². The average Bonchev–Trinajstić information content (AvgIpc) is 2.50. The number of esters is 1. The molecule has 0 amide bonds. The molecule has 0 aliphatic rings. The summed E-state index contributed by atoms with van der Waals surface area (Å²) in [5.74, 6) is -1.16. The molecule has 0 atom stereocenters. The molecule has 72 valence electrons. The number of hydrogen-bond acceptors (Lipinski definition) is 6. The van der Waals surface area contributed by atoms with Gasteiger partial charge in [-0.15, -0.1) is 0 Å². The fourth-order valence-electron chi connectivity index (χ4n) is 0.665. The van der Waals surface area contributed by atoms with Gasteiger partial charge in [0.25, 0.3) is 0 Å². The number of carbonyl (C=O) groups is 1. The van der Waals surface area contributed by atoms with Gasteiger partial charge in [0.05, 0.1) is 7.11 Å². The molecule has 1 aromatic rings. The van der Waals surface area contributed by atoms with Crippen molar-refractivity contribution in [3.8, 4) is 0 Å². The van der Waals surface area contributed by atoms with Crippen LogP contribution in [0.5, 0.6) is 0 Å². The van der Waals surface area contributed by atoms with E-state index in [0.717, 1.165) is 19.2 Å².